The van der Waals surface area contributed by atoms with Crippen LogP contribution in [0.25, 0.3) is 10.2 Å². The van der Waals surface area contributed by atoms with E-state index in [0.717, 1.165) is 39.2 Å². The van der Waals surface area contributed by atoms with Crippen molar-refractivity contribution in [2.75, 3.05) is 6.54 Å². The predicted molar refractivity (Wildman–Crippen MR) is 87.4 cm³/mol. The zero-order valence-electron chi connectivity index (χ0n) is 11.1. The van der Waals surface area contributed by atoms with Gasteiger partial charge >= 0.3 is 0 Å². The van der Waals surface area contributed by atoms with Crippen LogP contribution >= 0.6 is 34.9 Å². The van der Waals surface area contributed by atoms with Crippen molar-refractivity contribution >= 4 is 45.1 Å². The largest absolute Gasteiger partial charge is 0.258 e. The minimum Gasteiger partial charge on any atom is -0.258 e. The molecular formula is C15H17ClN2S2. The van der Waals surface area contributed by atoms with Crippen LogP contribution in [0.3, 0.4) is 0 Å². The molecule has 2 fully saturated rings. The van der Waals surface area contributed by atoms with Crippen molar-refractivity contribution in [2.24, 2.45) is 17.8 Å². The van der Waals surface area contributed by atoms with Crippen molar-refractivity contribution in [2.45, 2.75) is 30.0 Å². The summed E-state index contributed by atoms with van der Waals surface area (Å²) in [5, 5.41) is 0.759. The third-order valence-electron chi connectivity index (χ3n) is 4.72. The van der Waals surface area contributed by atoms with Crippen LogP contribution in [0.5, 0.6) is 0 Å². The molecule has 2 aliphatic rings. The molecule has 0 aliphatic heterocycles. The third kappa shape index (κ3) is 2.59. The quantitative estimate of drug-likeness (QED) is 0.803. The highest BCUT2D eigenvalue weighted by Crippen LogP contribution is 2.48. The lowest BCUT2D eigenvalue weighted by Gasteiger charge is -2.21. The first-order valence-electron chi connectivity index (χ1n) is 7.24. The molecule has 1 N–H and O–H groups in total. The number of hydrogen-bond acceptors (Lipinski definition) is 4. The topological polar surface area (TPSA) is 24.9 Å². The second kappa shape index (κ2) is 5.48. The van der Waals surface area contributed by atoms with E-state index in [1.165, 1.54) is 30.4 Å². The maximum atomic E-state index is 6.00. The van der Waals surface area contributed by atoms with Gasteiger partial charge in [-0.15, -0.1) is 11.3 Å². The summed E-state index contributed by atoms with van der Waals surface area (Å²) in [4.78, 5) is 4.62. The van der Waals surface area contributed by atoms with Gasteiger partial charge in [-0.3, -0.25) is 4.72 Å². The van der Waals surface area contributed by atoms with E-state index in [-0.39, 0.29) is 0 Å². The Labute approximate surface area is 132 Å². The summed E-state index contributed by atoms with van der Waals surface area (Å²) in [5.41, 5.74) is 1.01. The smallest absolute Gasteiger partial charge is 0.166 e. The Balaban J connectivity index is 1.36. The zero-order chi connectivity index (χ0) is 13.5. The molecule has 0 saturated heterocycles. The molecular weight excluding hydrogens is 308 g/mol. The van der Waals surface area contributed by atoms with Gasteiger partial charge in [0.2, 0.25) is 0 Å². The van der Waals surface area contributed by atoms with Crippen LogP contribution in [0.15, 0.2) is 22.5 Å². The fourth-order valence-corrected chi connectivity index (χ4v) is 5.78. The van der Waals surface area contributed by atoms with Crippen molar-refractivity contribution in [3.8, 4) is 0 Å². The third-order valence-corrected chi connectivity index (χ3v) is 6.86. The van der Waals surface area contributed by atoms with Gasteiger partial charge < -0.3 is 0 Å². The molecule has 2 bridgehead atoms. The normalized spacial score (nSPS) is 28.6. The molecule has 0 radical (unpaired) electrons. The number of rotatable bonds is 4. The predicted octanol–water partition coefficient (Wildman–Crippen LogP) is 4.98. The number of thiazole rings is 1. The molecule has 4 rings (SSSR count). The van der Waals surface area contributed by atoms with Crippen LogP contribution in [-0.2, 0) is 0 Å². The monoisotopic (exact) mass is 324 g/mol. The van der Waals surface area contributed by atoms with Crippen LogP contribution < -0.4 is 4.72 Å². The van der Waals surface area contributed by atoms with E-state index in [1.807, 2.05) is 12.1 Å². The highest BCUT2D eigenvalue weighted by Gasteiger charge is 2.38. The molecule has 1 aromatic carbocycles. The standard InChI is InChI=1S/C15H17ClN2S2/c16-12-3-4-14-13(7-12)18-15(19-14)20-17-8-11-6-9-1-2-10(11)5-9/h3-4,7,9-11,17H,1-2,5-6,8H2/t9-,10-,11-/m0/s1. The van der Waals surface area contributed by atoms with Crippen molar-refractivity contribution in [1.82, 2.24) is 9.71 Å². The molecule has 2 aliphatic carbocycles. The first-order valence-corrected chi connectivity index (χ1v) is 9.25. The summed E-state index contributed by atoms with van der Waals surface area (Å²) >= 11 is 9.41. The molecule has 0 unspecified atom stereocenters. The van der Waals surface area contributed by atoms with E-state index in [4.69, 9.17) is 11.6 Å². The van der Waals surface area contributed by atoms with E-state index in [0.29, 0.717) is 0 Å². The first kappa shape index (κ1) is 13.4. The van der Waals surface area contributed by atoms with Crippen LogP contribution in [0.2, 0.25) is 5.02 Å². The van der Waals surface area contributed by atoms with Crippen LogP contribution in [0.1, 0.15) is 25.7 Å². The van der Waals surface area contributed by atoms with Gasteiger partial charge in [0.1, 0.15) is 0 Å². The molecule has 106 valence electrons. The number of nitrogens with one attached hydrogen (secondary N) is 1. The highest BCUT2D eigenvalue weighted by molar-refractivity contribution is 7.99. The Morgan fingerprint density at radius 3 is 3.10 bits per heavy atom. The maximum Gasteiger partial charge on any atom is 0.166 e. The molecule has 0 spiro atoms. The van der Waals surface area contributed by atoms with E-state index in [1.54, 1.807) is 23.3 Å². The molecule has 20 heavy (non-hydrogen) atoms. The number of benzene rings is 1. The van der Waals surface area contributed by atoms with Gasteiger partial charge in [0, 0.05) is 11.6 Å². The number of hydrogen-bond donors (Lipinski definition) is 1. The number of fused-ring (bicyclic) bond motifs is 3. The first-order chi connectivity index (χ1) is 9.78. The molecule has 0 amide bonds. The van der Waals surface area contributed by atoms with Crippen molar-refractivity contribution in [3.05, 3.63) is 23.2 Å². The summed E-state index contributed by atoms with van der Waals surface area (Å²) in [6, 6.07) is 5.92. The Bertz CT molecular complexity index is 627. The Hall–Kier alpha value is -0.290. The van der Waals surface area contributed by atoms with E-state index in [2.05, 4.69) is 15.8 Å². The molecule has 2 saturated carbocycles. The Morgan fingerprint density at radius 2 is 2.30 bits per heavy atom. The fourth-order valence-electron chi connectivity index (χ4n) is 3.76. The van der Waals surface area contributed by atoms with E-state index >= 15 is 0 Å². The van der Waals surface area contributed by atoms with Gasteiger partial charge in [-0.05, 0) is 67.2 Å². The molecule has 5 heteroatoms. The lowest BCUT2D eigenvalue weighted by Crippen LogP contribution is -2.22. The molecule has 3 atom stereocenters. The van der Waals surface area contributed by atoms with Crippen molar-refractivity contribution < 1.29 is 0 Å². The maximum absolute atomic E-state index is 6.00. The highest BCUT2D eigenvalue weighted by atomic mass is 35.5. The molecule has 2 aromatic rings. The number of nitrogens with zero attached hydrogens (tertiary/aromatic N) is 1. The average molecular weight is 325 g/mol. The average Bonchev–Trinajstić information content (AvgIpc) is 3.12. The second-order valence-corrected chi connectivity index (χ2v) is 8.58. The molecule has 2 nitrogen and oxygen atoms in total. The van der Waals surface area contributed by atoms with Crippen LogP contribution in [-0.4, -0.2) is 11.5 Å². The van der Waals surface area contributed by atoms with Crippen molar-refractivity contribution in [1.29, 1.82) is 0 Å². The van der Waals surface area contributed by atoms with Gasteiger partial charge in [0.15, 0.2) is 4.34 Å². The lowest BCUT2D eigenvalue weighted by atomic mass is 9.89. The summed E-state index contributed by atoms with van der Waals surface area (Å²) in [6.07, 6.45) is 5.86. The van der Waals surface area contributed by atoms with Crippen LogP contribution in [0.4, 0.5) is 0 Å². The van der Waals surface area contributed by atoms with Crippen LogP contribution in [0, 0.1) is 17.8 Å². The minimum atomic E-state index is 0.759. The number of halogens is 1. The summed E-state index contributed by atoms with van der Waals surface area (Å²) in [5.74, 6) is 2.91. The zero-order valence-corrected chi connectivity index (χ0v) is 13.5. The fraction of sp³-hybridized carbons (Fsp3) is 0.533. The lowest BCUT2D eigenvalue weighted by molar-refractivity contribution is 0.335. The van der Waals surface area contributed by atoms with Crippen molar-refractivity contribution in [3.63, 3.8) is 0 Å². The summed E-state index contributed by atoms with van der Waals surface area (Å²) in [7, 11) is 0. The van der Waals surface area contributed by atoms with E-state index < -0.39 is 0 Å². The van der Waals surface area contributed by atoms with Gasteiger partial charge in [-0.2, -0.15) is 0 Å². The summed E-state index contributed by atoms with van der Waals surface area (Å²) in [6.45, 7) is 1.13. The number of aromatic nitrogens is 1. The summed E-state index contributed by atoms with van der Waals surface area (Å²) < 4.78 is 5.83. The van der Waals surface area contributed by atoms with Gasteiger partial charge in [0.25, 0.3) is 0 Å². The van der Waals surface area contributed by atoms with E-state index in [9.17, 15) is 0 Å². The minimum absolute atomic E-state index is 0.759. The van der Waals surface area contributed by atoms with Gasteiger partial charge in [0.05, 0.1) is 10.2 Å². The Kier molecular flexibility index (Phi) is 3.67. The second-order valence-electron chi connectivity index (χ2n) is 5.98. The SMILES string of the molecule is Clc1ccc2sc(SNC[C@@H]3C[C@H]4CC[C@H]3C4)nc2c1. The van der Waals surface area contributed by atoms with Gasteiger partial charge in [-0.25, -0.2) is 4.98 Å². The van der Waals surface area contributed by atoms with Gasteiger partial charge in [-0.1, -0.05) is 18.0 Å². The molecule has 1 heterocycles. The molecule has 1 aromatic heterocycles. The Morgan fingerprint density at radius 1 is 1.35 bits per heavy atom.